The molecule has 0 aromatic heterocycles. The summed E-state index contributed by atoms with van der Waals surface area (Å²) in [7, 11) is 0. The molecule has 98 valence electrons. The molecule has 17 heavy (non-hydrogen) atoms. The first kappa shape index (κ1) is 13.0. The Balaban J connectivity index is 2.09. The summed E-state index contributed by atoms with van der Waals surface area (Å²) in [6, 6.07) is 1.76. The maximum Gasteiger partial charge on any atom is 0.0888 e. The molecule has 0 aromatic rings. The van der Waals surface area contributed by atoms with Crippen LogP contribution in [-0.4, -0.2) is 66.5 Å². The van der Waals surface area contributed by atoms with Gasteiger partial charge in [-0.15, -0.1) is 0 Å². The molecule has 0 amide bonds. The fourth-order valence-electron chi connectivity index (χ4n) is 2.82. The van der Waals surface area contributed by atoms with E-state index in [-0.39, 0.29) is 0 Å². The zero-order valence-corrected chi connectivity index (χ0v) is 11.6. The van der Waals surface area contributed by atoms with Crippen molar-refractivity contribution in [3.63, 3.8) is 0 Å². The zero-order valence-electron chi connectivity index (χ0n) is 11.6. The third kappa shape index (κ3) is 2.87. The first-order valence-electron chi connectivity index (χ1n) is 6.83. The number of piperazine rings is 1. The van der Waals surface area contributed by atoms with Crippen molar-refractivity contribution in [2.45, 2.75) is 45.8 Å². The average molecular weight is 238 g/mol. The van der Waals surface area contributed by atoms with Crippen LogP contribution in [0.5, 0.6) is 0 Å². The molecule has 1 N–H and O–H groups in total. The van der Waals surface area contributed by atoms with E-state index >= 15 is 0 Å². The Morgan fingerprint density at radius 1 is 1.18 bits per heavy atom. The minimum Gasteiger partial charge on any atom is -0.298 e. The molecular formula is C13H26N4. The topological polar surface area (TPSA) is 30.9 Å². The highest BCUT2D eigenvalue weighted by molar-refractivity contribution is 5.92. The van der Waals surface area contributed by atoms with Crippen molar-refractivity contribution in [2.75, 3.05) is 32.8 Å². The van der Waals surface area contributed by atoms with E-state index in [1.54, 1.807) is 0 Å². The van der Waals surface area contributed by atoms with Crippen LogP contribution >= 0.6 is 0 Å². The van der Waals surface area contributed by atoms with Crippen molar-refractivity contribution in [2.24, 2.45) is 4.99 Å². The van der Waals surface area contributed by atoms with Gasteiger partial charge in [0.15, 0.2) is 0 Å². The van der Waals surface area contributed by atoms with Gasteiger partial charge in [0.25, 0.3) is 0 Å². The van der Waals surface area contributed by atoms with Gasteiger partial charge in [-0.05, 0) is 27.7 Å². The molecule has 0 radical (unpaired) electrons. The molecule has 4 nitrogen and oxygen atoms in total. The fraction of sp³-hybridized carbons (Fsp3) is 0.923. The molecule has 1 atom stereocenters. The van der Waals surface area contributed by atoms with Crippen LogP contribution in [0.3, 0.4) is 0 Å². The van der Waals surface area contributed by atoms with Crippen LogP contribution in [0.1, 0.15) is 27.7 Å². The van der Waals surface area contributed by atoms with Crippen LogP contribution in [-0.2, 0) is 0 Å². The van der Waals surface area contributed by atoms with E-state index in [2.05, 4.69) is 47.8 Å². The Morgan fingerprint density at radius 2 is 1.94 bits per heavy atom. The zero-order chi connectivity index (χ0) is 12.4. The van der Waals surface area contributed by atoms with E-state index < -0.39 is 0 Å². The van der Waals surface area contributed by atoms with Crippen LogP contribution in [0.2, 0.25) is 0 Å². The number of hydrogen-bond donors (Lipinski definition) is 1. The van der Waals surface area contributed by atoms with E-state index in [0.29, 0.717) is 18.1 Å². The second-order valence-electron chi connectivity index (χ2n) is 5.67. The molecule has 2 aliphatic rings. The lowest BCUT2D eigenvalue weighted by molar-refractivity contribution is 0.0645. The maximum atomic E-state index is 4.62. The summed E-state index contributed by atoms with van der Waals surface area (Å²) in [5, 5.41) is 3.32. The van der Waals surface area contributed by atoms with Gasteiger partial charge in [-0.3, -0.25) is 20.1 Å². The molecule has 4 heteroatoms. The molecule has 0 aromatic carbocycles. The summed E-state index contributed by atoms with van der Waals surface area (Å²) < 4.78 is 0. The largest absolute Gasteiger partial charge is 0.298 e. The highest BCUT2D eigenvalue weighted by atomic mass is 15.3. The predicted octanol–water partition coefficient (Wildman–Crippen LogP) is 0.791. The molecule has 0 bridgehead atoms. The summed E-state index contributed by atoms with van der Waals surface area (Å²) in [5.41, 5.74) is 1.35. The van der Waals surface area contributed by atoms with Crippen molar-refractivity contribution in [3.8, 4) is 0 Å². The van der Waals surface area contributed by atoms with E-state index in [0.717, 1.165) is 19.8 Å². The monoisotopic (exact) mass is 238 g/mol. The lowest BCUT2D eigenvalue weighted by atomic mass is 10.0. The van der Waals surface area contributed by atoms with Crippen LogP contribution in [0.25, 0.3) is 0 Å². The summed E-state index contributed by atoms with van der Waals surface area (Å²) in [6.45, 7) is 14.4. The Kier molecular flexibility index (Phi) is 4.17. The number of hydrogen-bond acceptors (Lipinski definition) is 4. The number of nitrogens with zero attached hydrogens (tertiary/aromatic N) is 3. The summed E-state index contributed by atoms with van der Waals surface area (Å²) in [6.07, 6.45) is 0. The van der Waals surface area contributed by atoms with E-state index in [9.17, 15) is 0 Å². The molecule has 1 saturated heterocycles. The highest BCUT2D eigenvalue weighted by Gasteiger charge is 2.33. The highest BCUT2D eigenvalue weighted by Crippen LogP contribution is 2.17. The minimum atomic E-state index is 0.515. The normalized spacial score (nSPS) is 28.1. The second kappa shape index (κ2) is 5.46. The van der Waals surface area contributed by atoms with E-state index in [4.69, 9.17) is 0 Å². The van der Waals surface area contributed by atoms with Crippen LogP contribution < -0.4 is 5.32 Å². The fourth-order valence-corrected chi connectivity index (χ4v) is 2.82. The van der Waals surface area contributed by atoms with Crippen LogP contribution in [0.4, 0.5) is 0 Å². The number of nitrogens with one attached hydrogen (secondary N) is 1. The lowest BCUT2D eigenvalue weighted by Crippen LogP contribution is -2.60. The van der Waals surface area contributed by atoms with Gasteiger partial charge in [0.2, 0.25) is 0 Å². The Bertz CT molecular complexity index is 285. The van der Waals surface area contributed by atoms with Gasteiger partial charge in [-0.2, -0.15) is 0 Å². The van der Waals surface area contributed by atoms with Crippen molar-refractivity contribution in [1.82, 2.24) is 15.1 Å². The van der Waals surface area contributed by atoms with Gasteiger partial charge < -0.3 is 0 Å². The van der Waals surface area contributed by atoms with Crippen molar-refractivity contribution < 1.29 is 0 Å². The summed E-state index contributed by atoms with van der Waals surface area (Å²) >= 11 is 0. The minimum absolute atomic E-state index is 0.515. The molecule has 2 aliphatic heterocycles. The second-order valence-corrected chi connectivity index (χ2v) is 5.67. The van der Waals surface area contributed by atoms with Crippen LogP contribution in [0, 0.1) is 0 Å². The van der Waals surface area contributed by atoms with Gasteiger partial charge in [-0.1, -0.05) is 0 Å². The van der Waals surface area contributed by atoms with Crippen molar-refractivity contribution in [1.29, 1.82) is 0 Å². The van der Waals surface area contributed by atoms with Gasteiger partial charge >= 0.3 is 0 Å². The van der Waals surface area contributed by atoms with Gasteiger partial charge in [0.1, 0.15) is 0 Å². The standard InChI is InChI=1S/C13H26N4/c1-10(2)16-5-6-17(11(3)4)13(8-16)12-7-14-9-15-12/h10-11,13-14H,5-9H2,1-4H3. The Hall–Kier alpha value is -0.450. The smallest absolute Gasteiger partial charge is 0.0888 e. The average Bonchev–Trinajstić information content (AvgIpc) is 2.81. The SMILES string of the molecule is CC(C)N1CCN(C(C)C)C(C2=NCNC2)C1. The maximum absolute atomic E-state index is 4.62. The lowest BCUT2D eigenvalue weighted by Gasteiger charge is -2.45. The van der Waals surface area contributed by atoms with Crippen molar-refractivity contribution >= 4 is 5.71 Å². The first-order chi connectivity index (χ1) is 8.09. The summed E-state index contributed by atoms with van der Waals surface area (Å²) in [4.78, 5) is 9.80. The third-order valence-corrected chi connectivity index (χ3v) is 3.93. The third-order valence-electron chi connectivity index (χ3n) is 3.93. The number of rotatable bonds is 3. The van der Waals surface area contributed by atoms with Crippen LogP contribution in [0.15, 0.2) is 4.99 Å². The first-order valence-corrected chi connectivity index (χ1v) is 6.83. The Morgan fingerprint density at radius 3 is 2.47 bits per heavy atom. The molecule has 0 aliphatic carbocycles. The summed E-state index contributed by atoms with van der Waals surface area (Å²) in [5.74, 6) is 0. The predicted molar refractivity (Wildman–Crippen MR) is 72.6 cm³/mol. The van der Waals surface area contributed by atoms with Gasteiger partial charge in [0.05, 0.1) is 12.7 Å². The Labute approximate surface area is 105 Å². The molecule has 1 fully saturated rings. The van der Waals surface area contributed by atoms with Gasteiger partial charge in [-0.25, -0.2) is 0 Å². The molecule has 0 spiro atoms. The molecular weight excluding hydrogens is 212 g/mol. The van der Waals surface area contributed by atoms with E-state index in [1.165, 1.54) is 18.8 Å². The van der Waals surface area contributed by atoms with E-state index in [1.807, 2.05) is 0 Å². The molecule has 0 saturated carbocycles. The molecule has 1 unspecified atom stereocenters. The molecule has 2 heterocycles. The van der Waals surface area contributed by atoms with Gasteiger partial charge in [0, 0.05) is 44.0 Å². The molecule has 2 rings (SSSR count). The number of aliphatic imine (C=N–C) groups is 1. The quantitative estimate of drug-likeness (QED) is 0.789. The van der Waals surface area contributed by atoms with Crippen molar-refractivity contribution in [3.05, 3.63) is 0 Å².